The number of hydrogen-bond donors (Lipinski definition) is 0. The first-order valence-electron chi connectivity index (χ1n) is 11.1. The Bertz CT molecular complexity index is 1360. The Kier molecular flexibility index (Phi) is 5.47. The lowest BCUT2D eigenvalue weighted by Crippen LogP contribution is -2.28. The van der Waals surface area contributed by atoms with Crippen molar-refractivity contribution in [1.29, 1.82) is 0 Å². The molecule has 0 N–H and O–H groups in total. The van der Waals surface area contributed by atoms with E-state index in [1.807, 2.05) is 29.2 Å². The lowest BCUT2D eigenvalue weighted by molar-refractivity contribution is -0.130. The van der Waals surface area contributed by atoms with Gasteiger partial charge < -0.3 is 14.4 Å². The second kappa shape index (κ2) is 8.58. The van der Waals surface area contributed by atoms with Crippen LogP contribution < -0.4 is 9.47 Å². The molecule has 0 unspecified atom stereocenters. The molecule has 1 aliphatic heterocycles. The van der Waals surface area contributed by atoms with Crippen LogP contribution in [0, 0.1) is 13.8 Å². The minimum atomic E-state index is 0.00635. The summed E-state index contributed by atoms with van der Waals surface area (Å²) in [5.41, 5.74) is 7.29. The van der Waals surface area contributed by atoms with Gasteiger partial charge in [-0.2, -0.15) is 0 Å². The van der Waals surface area contributed by atoms with Gasteiger partial charge in [-0.25, -0.2) is 4.98 Å². The minimum Gasteiger partial charge on any atom is -0.454 e. The third-order valence-corrected chi connectivity index (χ3v) is 5.96. The highest BCUT2D eigenvalue weighted by Gasteiger charge is 2.18. The van der Waals surface area contributed by atoms with Crippen molar-refractivity contribution in [2.75, 3.05) is 6.79 Å². The van der Waals surface area contributed by atoms with Gasteiger partial charge in [-0.15, -0.1) is 0 Å². The van der Waals surface area contributed by atoms with E-state index >= 15 is 0 Å². The van der Waals surface area contributed by atoms with Crippen molar-refractivity contribution in [1.82, 2.24) is 9.88 Å². The van der Waals surface area contributed by atoms with Crippen LogP contribution in [0.25, 0.3) is 22.2 Å². The molecule has 5 rings (SSSR count). The molecule has 1 aromatic heterocycles. The molecule has 0 spiro atoms. The van der Waals surface area contributed by atoms with Crippen molar-refractivity contribution in [3.05, 3.63) is 89.0 Å². The van der Waals surface area contributed by atoms with E-state index in [1.165, 1.54) is 11.1 Å². The predicted octanol–water partition coefficient (Wildman–Crippen LogP) is 5.80. The maximum atomic E-state index is 12.6. The lowest BCUT2D eigenvalue weighted by Gasteiger charge is -2.23. The van der Waals surface area contributed by atoms with Crippen LogP contribution >= 0.6 is 0 Å². The molecular formula is C28H26N2O3. The number of carbonyl (C=O) groups is 1. The Morgan fingerprint density at radius 3 is 2.55 bits per heavy atom. The third kappa shape index (κ3) is 4.40. The number of nitrogens with zero attached hydrogens (tertiary/aromatic N) is 2. The van der Waals surface area contributed by atoms with Gasteiger partial charge in [0.2, 0.25) is 12.7 Å². The van der Waals surface area contributed by atoms with Crippen LogP contribution in [-0.4, -0.2) is 22.6 Å². The first kappa shape index (κ1) is 21.0. The number of aromatic nitrogens is 1. The molecule has 0 atom stereocenters. The van der Waals surface area contributed by atoms with E-state index in [-0.39, 0.29) is 12.7 Å². The molecule has 0 fully saturated rings. The van der Waals surface area contributed by atoms with Crippen LogP contribution in [0.1, 0.15) is 29.2 Å². The number of carbonyl (C=O) groups excluding carboxylic acids is 1. The van der Waals surface area contributed by atoms with Crippen molar-refractivity contribution in [2.24, 2.45) is 0 Å². The molecule has 2 heterocycles. The third-order valence-electron chi connectivity index (χ3n) is 5.96. The number of ether oxygens (including phenoxy) is 2. The fraction of sp³-hybridized carbons (Fsp3) is 0.214. The Hall–Kier alpha value is -3.86. The van der Waals surface area contributed by atoms with Gasteiger partial charge in [0.15, 0.2) is 11.5 Å². The molecule has 33 heavy (non-hydrogen) atoms. The quantitative estimate of drug-likeness (QED) is 0.395. The van der Waals surface area contributed by atoms with Gasteiger partial charge in [0, 0.05) is 31.0 Å². The van der Waals surface area contributed by atoms with Crippen LogP contribution in [0.3, 0.4) is 0 Å². The molecule has 0 aliphatic carbocycles. The maximum absolute atomic E-state index is 12.6. The van der Waals surface area contributed by atoms with E-state index in [4.69, 9.17) is 14.5 Å². The van der Waals surface area contributed by atoms with Crippen LogP contribution in [0.15, 0.2) is 66.7 Å². The molecular weight excluding hydrogens is 412 g/mol. The van der Waals surface area contributed by atoms with Gasteiger partial charge in [-0.3, -0.25) is 4.79 Å². The number of amides is 1. The monoisotopic (exact) mass is 438 g/mol. The fourth-order valence-electron chi connectivity index (χ4n) is 4.23. The number of fused-ring (bicyclic) bond motifs is 2. The number of pyridine rings is 1. The number of benzene rings is 3. The summed E-state index contributed by atoms with van der Waals surface area (Å²) in [6, 6.07) is 22.6. The minimum absolute atomic E-state index is 0.00635. The highest BCUT2D eigenvalue weighted by molar-refractivity contribution is 5.84. The Morgan fingerprint density at radius 2 is 1.73 bits per heavy atom. The molecule has 4 aromatic rings. The SMILES string of the molecule is CC(=O)N(Cc1ccc2c(c1)OCO2)Cc1cc2ccc(C)cc2nc1-c1cccc(C)c1. The summed E-state index contributed by atoms with van der Waals surface area (Å²) in [7, 11) is 0. The largest absolute Gasteiger partial charge is 0.454 e. The van der Waals surface area contributed by atoms with Crippen LogP contribution in [-0.2, 0) is 17.9 Å². The molecule has 0 radical (unpaired) electrons. The van der Waals surface area contributed by atoms with E-state index in [2.05, 4.69) is 56.3 Å². The van der Waals surface area contributed by atoms with E-state index in [1.54, 1.807) is 6.92 Å². The zero-order valence-corrected chi connectivity index (χ0v) is 19.1. The summed E-state index contributed by atoms with van der Waals surface area (Å²) < 4.78 is 10.9. The molecule has 0 saturated carbocycles. The average Bonchev–Trinajstić information content (AvgIpc) is 3.26. The van der Waals surface area contributed by atoms with Crippen molar-refractivity contribution >= 4 is 16.8 Å². The van der Waals surface area contributed by atoms with Gasteiger partial charge >= 0.3 is 0 Å². The normalized spacial score (nSPS) is 12.2. The summed E-state index contributed by atoms with van der Waals surface area (Å²) in [5.74, 6) is 1.47. The Morgan fingerprint density at radius 1 is 0.909 bits per heavy atom. The zero-order chi connectivity index (χ0) is 22.9. The van der Waals surface area contributed by atoms with E-state index in [0.717, 1.165) is 44.8 Å². The molecule has 1 aliphatic rings. The van der Waals surface area contributed by atoms with Crippen molar-refractivity contribution in [2.45, 2.75) is 33.9 Å². The van der Waals surface area contributed by atoms with Gasteiger partial charge in [0.25, 0.3) is 0 Å². The smallest absolute Gasteiger partial charge is 0.231 e. The van der Waals surface area contributed by atoms with Crippen molar-refractivity contribution in [3.8, 4) is 22.8 Å². The zero-order valence-electron chi connectivity index (χ0n) is 19.1. The topological polar surface area (TPSA) is 51.7 Å². The molecule has 166 valence electrons. The van der Waals surface area contributed by atoms with Crippen molar-refractivity contribution < 1.29 is 14.3 Å². The summed E-state index contributed by atoms with van der Waals surface area (Å²) in [4.78, 5) is 19.5. The van der Waals surface area contributed by atoms with E-state index in [0.29, 0.717) is 13.1 Å². The van der Waals surface area contributed by atoms with Crippen LogP contribution in [0.5, 0.6) is 11.5 Å². The second-order valence-corrected chi connectivity index (χ2v) is 8.62. The molecule has 3 aromatic carbocycles. The van der Waals surface area contributed by atoms with Gasteiger partial charge in [-0.05, 0) is 60.9 Å². The molecule has 0 bridgehead atoms. The summed E-state index contributed by atoms with van der Waals surface area (Å²) >= 11 is 0. The summed E-state index contributed by atoms with van der Waals surface area (Å²) in [5, 5.41) is 1.07. The van der Waals surface area contributed by atoms with Gasteiger partial charge in [0.05, 0.1) is 11.2 Å². The fourth-order valence-corrected chi connectivity index (χ4v) is 4.23. The van der Waals surface area contributed by atoms with E-state index in [9.17, 15) is 4.79 Å². The molecule has 0 saturated heterocycles. The van der Waals surface area contributed by atoms with Crippen LogP contribution in [0.2, 0.25) is 0 Å². The second-order valence-electron chi connectivity index (χ2n) is 8.62. The molecule has 1 amide bonds. The van der Waals surface area contributed by atoms with E-state index < -0.39 is 0 Å². The van der Waals surface area contributed by atoms with Crippen LogP contribution in [0.4, 0.5) is 0 Å². The Labute approximate surface area is 193 Å². The highest BCUT2D eigenvalue weighted by Crippen LogP contribution is 2.33. The highest BCUT2D eigenvalue weighted by atomic mass is 16.7. The first-order valence-corrected chi connectivity index (χ1v) is 11.1. The Balaban J connectivity index is 1.54. The number of rotatable bonds is 5. The average molecular weight is 439 g/mol. The number of hydrogen-bond acceptors (Lipinski definition) is 4. The van der Waals surface area contributed by atoms with Gasteiger partial charge in [0.1, 0.15) is 0 Å². The van der Waals surface area contributed by atoms with Gasteiger partial charge in [-0.1, -0.05) is 42.0 Å². The standard InChI is InChI=1S/C28H26N2O3/c1-18-5-4-6-23(11-18)28-24(14-22-9-7-19(2)12-25(22)29-28)16-30(20(3)31)15-21-8-10-26-27(13-21)33-17-32-26/h4-14H,15-17H2,1-3H3. The molecule has 5 heteroatoms. The summed E-state index contributed by atoms with van der Waals surface area (Å²) in [6.45, 7) is 6.93. The first-order chi connectivity index (χ1) is 16.0. The predicted molar refractivity (Wildman–Crippen MR) is 129 cm³/mol. The molecule has 5 nitrogen and oxygen atoms in total. The lowest BCUT2D eigenvalue weighted by atomic mass is 10.0. The number of aryl methyl sites for hydroxylation is 2. The summed E-state index contributed by atoms with van der Waals surface area (Å²) in [6.07, 6.45) is 0. The van der Waals surface area contributed by atoms with Crippen molar-refractivity contribution in [3.63, 3.8) is 0 Å². The maximum Gasteiger partial charge on any atom is 0.231 e.